The molecule has 2 N–H and O–H groups in total. The van der Waals surface area contributed by atoms with Crippen molar-refractivity contribution in [2.75, 3.05) is 20.2 Å². The van der Waals surface area contributed by atoms with E-state index in [0.717, 1.165) is 19.3 Å². The molecule has 0 unspecified atom stereocenters. The SMILES string of the molecule is CNC(=O)NCCO[C@H]1O[C@@H]2O[C@]3(C)CC[C@H]4[C@H](C)CC[C@@H]([C@H]1C)[C@@]24OO3. The highest BCUT2D eigenvalue weighted by Gasteiger charge is 2.69. The molecule has 5 aliphatic rings. The van der Waals surface area contributed by atoms with Crippen molar-refractivity contribution in [2.45, 2.75) is 70.4 Å². The Kier molecular flexibility index (Phi) is 5.13. The molecular formula is C19H32N2O6. The summed E-state index contributed by atoms with van der Waals surface area (Å²) >= 11 is 0. The predicted octanol–water partition coefficient (Wildman–Crippen LogP) is 2.14. The van der Waals surface area contributed by atoms with Crippen LogP contribution >= 0.6 is 0 Å². The molecule has 0 radical (unpaired) electrons. The van der Waals surface area contributed by atoms with E-state index in [-0.39, 0.29) is 17.9 Å². The molecule has 8 heteroatoms. The molecule has 27 heavy (non-hydrogen) atoms. The van der Waals surface area contributed by atoms with Crippen molar-refractivity contribution in [2.24, 2.45) is 23.7 Å². The lowest BCUT2D eigenvalue weighted by Gasteiger charge is -2.60. The van der Waals surface area contributed by atoms with Gasteiger partial charge in [-0.1, -0.05) is 13.8 Å². The van der Waals surface area contributed by atoms with Gasteiger partial charge in [0.2, 0.25) is 5.79 Å². The number of urea groups is 1. The first-order chi connectivity index (χ1) is 12.9. The summed E-state index contributed by atoms with van der Waals surface area (Å²) in [5.41, 5.74) is -0.562. The van der Waals surface area contributed by atoms with E-state index in [9.17, 15) is 4.79 Å². The molecule has 154 valence electrons. The van der Waals surface area contributed by atoms with Gasteiger partial charge in [-0.05, 0) is 38.0 Å². The summed E-state index contributed by atoms with van der Waals surface area (Å²) in [6, 6.07) is -0.220. The lowest BCUT2D eigenvalue weighted by Crippen LogP contribution is -2.70. The average molecular weight is 384 g/mol. The average Bonchev–Trinajstić information content (AvgIpc) is 2.88. The number of carbonyl (C=O) groups excluding carboxylic acids is 1. The van der Waals surface area contributed by atoms with Gasteiger partial charge in [0.1, 0.15) is 0 Å². The minimum atomic E-state index is -0.774. The monoisotopic (exact) mass is 384 g/mol. The second-order valence-electron chi connectivity index (χ2n) is 8.65. The van der Waals surface area contributed by atoms with Crippen molar-refractivity contribution < 1.29 is 28.8 Å². The minimum absolute atomic E-state index is 0.144. The molecule has 5 rings (SSSR count). The first kappa shape index (κ1) is 19.4. The van der Waals surface area contributed by atoms with Gasteiger partial charge in [0.05, 0.1) is 6.61 Å². The number of hydrogen-bond acceptors (Lipinski definition) is 6. The highest BCUT2D eigenvalue weighted by atomic mass is 17.3. The first-order valence-corrected chi connectivity index (χ1v) is 10.2. The maximum Gasteiger partial charge on any atom is 0.314 e. The van der Waals surface area contributed by atoms with Crippen molar-refractivity contribution in [1.29, 1.82) is 0 Å². The van der Waals surface area contributed by atoms with Crippen LogP contribution in [0.3, 0.4) is 0 Å². The number of carbonyl (C=O) groups is 1. The van der Waals surface area contributed by atoms with Gasteiger partial charge in [0, 0.05) is 31.8 Å². The summed E-state index contributed by atoms with van der Waals surface area (Å²) in [5, 5.41) is 5.25. The quantitative estimate of drug-likeness (QED) is 0.570. The van der Waals surface area contributed by atoms with E-state index in [1.54, 1.807) is 7.05 Å². The lowest BCUT2D eigenvalue weighted by atomic mass is 9.58. The van der Waals surface area contributed by atoms with Crippen molar-refractivity contribution in [3.63, 3.8) is 0 Å². The lowest BCUT2D eigenvalue weighted by molar-refractivity contribution is -0.577. The van der Waals surface area contributed by atoms with Crippen molar-refractivity contribution >= 4 is 6.03 Å². The number of amides is 2. The van der Waals surface area contributed by atoms with Gasteiger partial charge >= 0.3 is 6.03 Å². The van der Waals surface area contributed by atoms with E-state index in [1.165, 1.54) is 6.42 Å². The minimum Gasteiger partial charge on any atom is -0.350 e. The third-order valence-electron chi connectivity index (χ3n) is 6.99. The third-order valence-corrected chi connectivity index (χ3v) is 6.99. The number of hydrogen-bond donors (Lipinski definition) is 2. The highest BCUT2D eigenvalue weighted by Crippen LogP contribution is 2.60. The largest absolute Gasteiger partial charge is 0.350 e. The fraction of sp³-hybridized carbons (Fsp3) is 0.947. The summed E-state index contributed by atoms with van der Waals surface area (Å²) in [5.74, 6) is 0.511. The molecule has 0 aromatic carbocycles. The van der Waals surface area contributed by atoms with Gasteiger partial charge in [0.15, 0.2) is 18.2 Å². The highest BCUT2D eigenvalue weighted by molar-refractivity contribution is 5.73. The van der Waals surface area contributed by atoms with E-state index in [1.807, 2.05) is 6.92 Å². The Bertz CT molecular complexity index is 576. The second-order valence-corrected chi connectivity index (χ2v) is 8.65. The molecule has 0 aromatic rings. The molecule has 2 bridgehead atoms. The summed E-state index contributed by atoms with van der Waals surface area (Å²) in [6.45, 7) is 7.17. The molecule has 4 heterocycles. The smallest absolute Gasteiger partial charge is 0.314 e. The summed E-state index contributed by atoms with van der Waals surface area (Å²) in [7, 11) is 1.59. The van der Waals surface area contributed by atoms with Crippen LogP contribution < -0.4 is 10.6 Å². The Hall–Kier alpha value is -0.930. The summed E-state index contributed by atoms with van der Waals surface area (Å²) < 4.78 is 18.6. The fourth-order valence-electron chi connectivity index (χ4n) is 5.49. The number of rotatable bonds is 4. The standard InChI is InChI=1S/C19H32N2O6/c1-11-5-6-14-12(2)15(23-10-9-21-17(22)20-4)24-16-19(14)13(11)7-8-18(3,25-16)26-27-19/h11-16H,5-10H2,1-4H3,(H2,20,21,22)/t11-,12-,13+,14+,15+,16-,18+,19-/m1/s1. The van der Waals surface area contributed by atoms with Crippen LogP contribution in [0.1, 0.15) is 46.5 Å². The number of nitrogens with one attached hydrogen (secondary N) is 2. The Morgan fingerprint density at radius 3 is 2.78 bits per heavy atom. The molecule has 5 fully saturated rings. The van der Waals surface area contributed by atoms with E-state index in [0.29, 0.717) is 25.0 Å². The van der Waals surface area contributed by atoms with Gasteiger partial charge in [-0.25, -0.2) is 14.6 Å². The van der Waals surface area contributed by atoms with E-state index in [2.05, 4.69) is 24.5 Å². The zero-order valence-corrected chi connectivity index (χ0v) is 16.7. The van der Waals surface area contributed by atoms with Gasteiger partial charge in [0.25, 0.3) is 0 Å². The Balaban J connectivity index is 1.51. The van der Waals surface area contributed by atoms with E-state index in [4.69, 9.17) is 24.0 Å². The number of fused-ring (bicyclic) bond motifs is 2. The zero-order valence-electron chi connectivity index (χ0n) is 16.7. The third kappa shape index (κ3) is 3.15. The van der Waals surface area contributed by atoms with Crippen LogP contribution in [0.4, 0.5) is 4.79 Å². The molecule has 0 aromatic heterocycles. The molecule has 1 saturated carbocycles. The fourth-order valence-corrected chi connectivity index (χ4v) is 5.49. The first-order valence-electron chi connectivity index (χ1n) is 10.2. The molecular weight excluding hydrogens is 352 g/mol. The van der Waals surface area contributed by atoms with Crippen LogP contribution in [-0.4, -0.2) is 50.2 Å². The maximum absolute atomic E-state index is 11.3. The van der Waals surface area contributed by atoms with Gasteiger partial charge in [-0.15, -0.1) is 0 Å². The van der Waals surface area contributed by atoms with E-state index >= 15 is 0 Å². The van der Waals surface area contributed by atoms with Crippen LogP contribution in [0.15, 0.2) is 0 Å². The van der Waals surface area contributed by atoms with Gasteiger partial charge in [-0.3, -0.25) is 0 Å². The Morgan fingerprint density at radius 1 is 1.19 bits per heavy atom. The maximum atomic E-state index is 11.3. The molecule has 1 spiro atoms. The number of ether oxygens (including phenoxy) is 3. The van der Waals surface area contributed by atoms with Gasteiger partial charge in [-0.2, -0.15) is 0 Å². The molecule has 1 aliphatic carbocycles. The molecule has 4 saturated heterocycles. The van der Waals surface area contributed by atoms with Crippen LogP contribution in [0, 0.1) is 23.7 Å². The predicted molar refractivity (Wildman–Crippen MR) is 95.2 cm³/mol. The Labute approximate surface area is 160 Å². The van der Waals surface area contributed by atoms with Crippen LogP contribution in [0.5, 0.6) is 0 Å². The molecule has 8 nitrogen and oxygen atoms in total. The summed E-state index contributed by atoms with van der Waals surface area (Å²) in [6.07, 6.45) is 3.13. The van der Waals surface area contributed by atoms with Crippen LogP contribution in [0.2, 0.25) is 0 Å². The van der Waals surface area contributed by atoms with Crippen LogP contribution in [-0.2, 0) is 24.0 Å². The second kappa shape index (κ2) is 7.15. The molecule has 2 amide bonds. The zero-order chi connectivity index (χ0) is 19.2. The molecule has 4 aliphatic heterocycles. The van der Waals surface area contributed by atoms with Crippen molar-refractivity contribution in [3.05, 3.63) is 0 Å². The topological polar surface area (TPSA) is 87.3 Å². The van der Waals surface area contributed by atoms with Crippen molar-refractivity contribution in [1.82, 2.24) is 10.6 Å². The van der Waals surface area contributed by atoms with E-state index < -0.39 is 24.0 Å². The Morgan fingerprint density at radius 2 is 2.00 bits per heavy atom. The van der Waals surface area contributed by atoms with Gasteiger partial charge < -0.3 is 24.8 Å². The van der Waals surface area contributed by atoms with Crippen molar-refractivity contribution in [3.8, 4) is 0 Å². The normalized spacial score (nSPS) is 48.4. The van der Waals surface area contributed by atoms with Crippen LogP contribution in [0.25, 0.3) is 0 Å². The summed E-state index contributed by atoms with van der Waals surface area (Å²) in [4.78, 5) is 23.2. The molecule has 8 atom stereocenters.